The lowest BCUT2D eigenvalue weighted by molar-refractivity contribution is -0.199. The topological polar surface area (TPSA) is 15.3 Å². The zero-order chi connectivity index (χ0) is 11.1. The molecule has 1 saturated heterocycles. The molecule has 0 atom stereocenters. The predicted molar refractivity (Wildman–Crippen MR) is 58.9 cm³/mol. The fraction of sp³-hybridized carbons (Fsp3) is 1.00. The van der Waals surface area contributed by atoms with E-state index in [4.69, 9.17) is 0 Å². The molecule has 1 heterocycles. The largest absolute Gasteiger partial charge is 0.406 e. The number of alkyl halides is 3. The molecular weight excluding hydrogens is 241 g/mol. The molecule has 2 aliphatic rings. The molecule has 2 nitrogen and oxygen atoms in total. The molecule has 0 unspecified atom stereocenters. The summed E-state index contributed by atoms with van der Waals surface area (Å²) in [6, 6.07) is 0.394. The van der Waals surface area contributed by atoms with Crippen LogP contribution in [0.3, 0.4) is 0 Å². The van der Waals surface area contributed by atoms with Crippen LogP contribution < -0.4 is 5.32 Å². The van der Waals surface area contributed by atoms with Crippen molar-refractivity contribution in [3.05, 3.63) is 0 Å². The van der Waals surface area contributed by atoms with Crippen LogP contribution in [0, 0.1) is 0 Å². The molecule has 0 bridgehead atoms. The third-order valence-corrected chi connectivity index (χ3v) is 3.76. The first-order valence-electron chi connectivity index (χ1n) is 5.49. The van der Waals surface area contributed by atoms with Crippen LogP contribution >= 0.6 is 12.4 Å². The number of hydrogen-bond acceptors (Lipinski definition) is 2. The molecular formula is C10H18ClF3N2. The van der Waals surface area contributed by atoms with Gasteiger partial charge in [-0.15, -0.1) is 12.4 Å². The highest BCUT2D eigenvalue weighted by Crippen LogP contribution is 2.54. The van der Waals surface area contributed by atoms with Gasteiger partial charge in [0.15, 0.2) is 0 Å². The Bertz CT molecular complexity index is 233. The Kier molecular flexibility index (Phi) is 4.13. The summed E-state index contributed by atoms with van der Waals surface area (Å²) in [5.74, 6) is 0. The van der Waals surface area contributed by atoms with Gasteiger partial charge >= 0.3 is 6.18 Å². The van der Waals surface area contributed by atoms with Gasteiger partial charge in [-0.2, -0.15) is 13.2 Å². The molecule has 96 valence electrons. The first kappa shape index (κ1) is 14.1. The van der Waals surface area contributed by atoms with E-state index in [9.17, 15) is 13.2 Å². The first-order valence-corrected chi connectivity index (χ1v) is 5.49. The minimum atomic E-state index is -4.04. The smallest absolute Gasteiger partial charge is 0.317 e. The highest BCUT2D eigenvalue weighted by molar-refractivity contribution is 5.85. The highest BCUT2D eigenvalue weighted by Gasteiger charge is 2.66. The Morgan fingerprint density at radius 3 is 2.00 bits per heavy atom. The number of likely N-dealkylation sites (tertiary alicyclic amines) is 1. The lowest BCUT2D eigenvalue weighted by atomic mass is 10.0. The fourth-order valence-corrected chi connectivity index (χ4v) is 2.49. The minimum Gasteiger partial charge on any atom is -0.317 e. The molecule has 0 radical (unpaired) electrons. The predicted octanol–water partition coefficient (Wildman–Crippen LogP) is 2.19. The Morgan fingerprint density at radius 1 is 1.19 bits per heavy atom. The Labute approximate surface area is 100.0 Å². The first-order chi connectivity index (χ1) is 6.99. The van der Waals surface area contributed by atoms with Crippen LogP contribution in [0.4, 0.5) is 13.2 Å². The molecule has 1 aliphatic carbocycles. The highest BCUT2D eigenvalue weighted by atomic mass is 35.5. The molecule has 1 aliphatic heterocycles. The van der Waals surface area contributed by atoms with Gasteiger partial charge in [0, 0.05) is 19.1 Å². The van der Waals surface area contributed by atoms with Crippen molar-refractivity contribution in [1.29, 1.82) is 0 Å². The molecule has 0 spiro atoms. The van der Waals surface area contributed by atoms with E-state index in [2.05, 4.69) is 5.32 Å². The summed E-state index contributed by atoms with van der Waals surface area (Å²) in [4.78, 5) is 1.64. The fourth-order valence-electron chi connectivity index (χ4n) is 2.49. The van der Waals surface area contributed by atoms with Crippen LogP contribution in [0.15, 0.2) is 0 Å². The lowest BCUT2D eigenvalue weighted by Gasteiger charge is -2.38. The van der Waals surface area contributed by atoms with Gasteiger partial charge in [0.25, 0.3) is 0 Å². The van der Waals surface area contributed by atoms with E-state index < -0.39 is 11.7 Å². The van der Waals surface area contributed by atoms with Crippen LogP contribution in [-0.4, -0.2) is 42.8 Å². The summed E-state index contributed by atoms with van der Waals surface area (Å²) in [6.45, 7) is 1.15. The van der Waals surface area contributed by atoms with Crippen molar-refractivity contribution in [2.24, 2.45) is 0 Å². The van der Waals surface area contributed by atoms with Crippen molar-refractivity contribution >= 4 is 12.4 Å². The zero-order valence-electron chi connectivity index (χ0n) is 9.31. The molecule has 0 aromatic rings. The van der Waals surface area contributed by atoms with Gasteiger partial charge in [0.05, 0.1) is 0 Å². The monoisotopic (exact) mass is 258 g/mol. The quantitative estimate of drug-likeness (QED) is 0.817. The van der Waals surface area contributed by atoms with E-state index in [1.165, 1.54) is 0 Å². The molecule has 6 heteroatoms. The molecule has 1 N–H and O–H groups in total. The average Bonchev–Trinajstić information content (AvgIpc) is 2.98. The second-order valence-corrected chi connectivity index (χ2v) is 4.58. The number of halogens is 4. The lowest BCUT2D eigenvalue weighted by Crippen LogP contribution is -2.53. The summed E-state index contributed by atoms with van der Waals surface area (Å²) in [7, 11) is 1.87. The van der Waals surface area contributed by atoms with Gasteiger partial charge in [-0.05, 0) is 32.7 Å². The van der Waals surface area contributed by atoms with Crippen molar-refractivity contribution in [1.82, 2.24) is 10.2 Å². The van der Waals surface area contributed by atoms with E-state index in [-0.39, 0.29) is 12.4 Å². The Hall–Kier alpha value is -0.0000000000000000555. The maximum atomic E-state index is 12.8. The summed E-state index contributed by atoms with van der Waals surface area (Å²) in [5, 5.41) is 3.13. The second-order valence-electron chi connectivity index (χ2n) is 4.58. The van der Waals surface area contributed by atoms with Gasteiger partial charge in [-0.3, -0.25) is 4.90 Å². The Balaban J connectivity index is 0.00000128. The number of rotatable bonds is 2. The maximum absolute atomic E-state index is 12.8. The summed E-state index contributed by atoms with van der Waals surface area (Å²) in [6.07, 6.45) is -1.80. The summed E-state index contributed by atoms with van der Waals surface area (Å²) >= 11 is 0. The third-order valence-electron chi connectivity index (χ3n) is 3.76. The van der Waals surface area contributed by atoms with Gasteiger partial charge in [0.1, 0.15) is 5.54 Å². The van der Waals surface area contributed by atoms with Gasteiger partial charge < -0.3 is 5.32 Å². The van der Waals surface area contributed by atoms with E-state index >= 15 is 0 Å². The van der Waals surface area contributed by atoms with Crippen molar-refractivity contribution < 1.29 is 13.2 Å². The standard InChI is InChI=1S/C10H17F3N2.ClH/c1-14-8-2-6-15(7-3-8)9(4-5-9)10(11,12)13;/h8,14H,2-7H2,1H3;1H. The number of piperidine rings is 1. The molecule has 0 amide bonds. The van der Waals surface area contributed by atoms with Crippen LogP contribution in [0.1, 0.15) is 25.7 Å². The molecule has 0 aromatic carbocycles. The second kappa shape index (κ2) is 4.70. The van der Waals surface area contributed by atoms with Crippen LogP contribution in [0.2, 0.25) is 0 Å². The molecule has 2 rings (SSSR count). The summed E-state index contributed by atoms with van der Waals surface area (Å²) < 4.78 is 38.4. The molecule has 1 saturated carbocycles. The summed E-state index contributed by atoms with van der Waals surface area (Å²) in [5.41, 5.74) is -1.45. The van der Waals surface area contributed by atoms with Gasteiger partial charge in [0.2, 0.25) is 0 Å². The van der Waals surface area contributed by atoms with Crippen LogP contribution in [-0.2, 0) is 0 Å². The molecule has 16 heavy (non-hydrogen) atoms. The van der Waals surface area contributed by atoms with Gasteiger partial charge in [-0.25, -0.2) is 0 Å². The number of nitrogens with one attached hydrogen (secondary N) is 1. The van der Waals surface area contributed by atoms with E-state index in [1.807, 2.05) is 7.05 Å². The zero-order valence-corrected chi connectivity index (χ0v) is 10.1. The van der Waals surface area contributed by atoms with E-state index in [0.29, 0.717) is 32.0 Å². The van der Waals surface area contributed by atoms with Crippen molar-refractivity contribution in [3.8, 4) is 0 Å². The number of hydrogen-bond donors (Lipinski definition) is 1. The van der Waals surface area contributed by atoms with Crippen molar-refractivity contribution in [2.75, 3.05) is 20.1 Å². The van der Waals surface area contributed by atoms with Crippen molar-refractivity contribution in [3.63, 3.8) is 0 Å². The van der Waals surface area contributed by atoms with E-state index in [1.54, 1.807) is 4.90 Å². The van der Waals surface area contributed by atoms with Gasteiger partial charge in [-0.1, -0.05) is 0 Å². The third kappa shape index (κ3) is 2.31. The average molecular weight is 259 g/mol. The Morgan fingerprint density at radius 2 is 1.69 bits per heavy atom. The van der Waals surface area contributed by atoms with Crippen LogP contribution in [0.5, 0.6) is 0 Å². The minimum absolute atomic E-state index is 0. The molecule has 2 fully saturated rings. The maximum Gasteiger partial charge on any atom is 0.406 e. The SMILES string of the molecule is CNC1CCN(C2(C(F)(F)F)CC2)CC1.Cl. The van der Waals surface area contributed by atoms with Crippen molar-refractivity contribution in [2.45, 2.75) is 43.4 Å². The normalized spacial score (nSPS) is 26.2. The molecule has 0 aromatic heterocycles. The van der Waals surface area contributed by atoms with Crippen LogP contribution in [0.25, 0.3) is 0 Å². The number of nitrogens with zero attached hydrogens (tertiary/aromatic N) is 1. The van der Waals surface area contributed by atoms with E-state index in [0.717, 1.165) is 12.8 Å².